The predicted octanol–water partition coefficient (Wildman–Crippen LogP) is 2.69. The molecular formula is C18H21NO2. The van der Waals surface area contributed by atoms with Gasteiger partial charge in [-0.3, -0.25) is 4.79 Å². The molecule has 0 aromatic heterocycles. The van der Waals surface area contributed by atoms with E-state index in [1.165, 1.54) is 6.92 Å². The Morgan fingerprint density at radius 3 is 1.86 bits per heavy atom. The summed E-state index contributed by atoms with van der Waals surface area (Å²) in [7, 11) is 0. The van der Waals surface area contributed by atoms with Gasteiger partial charge in [-0.2, -0.15) is 0 Å². The second-order valence-electron chi connectivity index (χ2n) is 5.34. The molecule has 1 atom stereocenters. The third-order valence-electron chi connectivity index (χ3n) is 3.80. The fraction of sp³-hybridized carbons (Fsp3) is 0.278. The maximum Gasteiger partial charge on any atom is 0.216 e. The summed E-state index contributed by atoms with van der Waals surface area (Å²) in [6, 6.07) is 19.1. The molecule has 0 heterocycles. The fourth-order valence-corrected chi connectivity index (χ4v) is 2.56. The van der Waals surface area contributed by atoms with E-state index in [1.54, 1.807) is 0 Å². The van der Waals surface area contributed by atoms with E-state index in [2.05, 4.69) is 5.32 Å². The number of carbonyl (C=O) groups is 1. The van der Waals surface area contributed by atoms with Gasteiger partial charge in [0.2, 0.25) is 5.91 Å². The van der Waals surface area contributed by atoms with E-state index in [1.807, 2.05) is 67.6 Å². The molecule has 0 aliphatic carbocycles. The van der Waals surface area contributed by atoms with Crippen LogP contribution in [0.2, 0.25) is 0 Å². The summed E-state index contributed by atoms with van der Waals surface area (Å²) in [6.07, 6.45) is 0. The molecule has 0 aliphatic heterocycles. The van der Waals surface area contributed by atoms with Crippen LogP contribution in [-0.4, -0.2) is 17.6 Å². The molecule has 0 spiro atoms. The number of rotatable bonds is 5. The topological polar surface area (TPSA) is 49.3 Å². The lowest BCUT2D eigenvalue weighted by Crippen LogP contribution is -2.41. The third kappa shape index (κ3) is 3.31. The van der Waals surface area contributed by atoms with Gasteiger partial charge < -0.3 is 10.4 Å². The van der Waals surface area contributed by atoms with Crippen LogP contribution in [0.15, 0.2) is 60.7 Å². The zero-order valence-electron chi connectivity index (χ0n) is 12.4. The Bertz CT molecular complexity index is 541. The highest BCUT2D eigenvalue weighted by atomic mass is 16.3. The summed E-state index contributed by atoms with van der Waals surface area (Å²) in [5.41, 5.74) is 0.522. The van der Waals surface area contributed by atoms with Crippen LogP contribution in [0.5, 0.6) is 0 Å². The molecule has 0 fully saturated rings. The van der Waals surface area contributed by atoms with Gasteiger partial charge in [0.25, 0.3) is 0 Å². The first-order chi connectivity index (χ1) is 10.0. The lowest BCUT2D eigenvalue weighted by Gasteiger charge is -2.35. The monoisotopic (exact) mass is 283 g/mol. The highest BCUT2D eigenvalue weighted by Gasteiger charge is 2.37. The maximum absolute atomic E-state index is 11.4. The van der Waals surface area contributed by atoms with Gasteiger partial charge in [-0.1, -0.05) is 67.6 Å². The lowest BCUT2D eigenvalue weighted by atomic mass is 9.77. The molecule has 3 nitrogen and oxygen atoms in total. The molecule has 0 radical (unpaired) electrons. The standard InChI is InChI=1S/C18H21NO2/c1-14(13-19-15(2)20)18(21,16-9-5-3-6-10-16)17-11-7-4-8-12-17/h3-12,14,21H,13H2,1-2H3,(H,19,20)/t14-/m0/s1. The van der Waals surface area contributed by atoms with Gasteiger partial charge in [0.1, 0.15) is 5.60 Å². The molecular weight excluding hydrogens is 262 g/mol. The van der Waals surface area contributed by atoms with Crippen molar-refractivity contribution in [2.45, 2.75) is 19.4 Å². The first-order valence-corrected chi connectivity index (χ1v) is 7.13. The van der Waals surface area contributed by atoms with Crippen molar-refractivity contribution in [3.05, 3.63) is 71.8 Å². The molecule has 0 saturated heterocycles. The molecule has 1 amide bonds. The Balaban J connectivity index is 2.42. The Hall–Kier alpha value is -2.13. The van der Waals surface area contributed by atoms with Crippen molar-refractivity contribution >= 4 is 5.91 Å². The van der Waals surface area contributed by atoms with E-state index in [-0.39, 0.29) is 11.8 Å². The largest absolute Gasteiger partial charge is 0.380 e. The highest BCUT2D eigenvalue weighted by Crippen LogP contribution is 2.36. The summed E-state index contributed by atoms with van der Waals surface area (Å²) >= 11 is 0. The summed E-state index contributed by atoms with van der Waals surface area (Å²) in [4.78, 5) is 11.2. The number of aliphatic hydroxyl groups is 1. The Morgan fingerprint density at radius 2 is 1.48 bits per heavy atom. The van der Waals surface area contributed by atoms with E-state index < -0.39 is 5.60 Å². The van der Waals surface area contributed by atoms with Crippen LogP contribution in [0.1, 0.15) is 25.0 Å². The predicted molar refractivity (Wildman–Crippen MR) is 83.7 cm³/mol. The van der Waals surface area contributed by atoms with Gasteiger partial charge in [0, 0.05) is 19.4 Å². The molecule has 3 heteroatoms. The van der Waals surface area contributed by atoms with Crippen molar-refractivity contribution in [3.63, 3.8) is 0 Å². The second kappa shape index (κ2) is 6.55. The Labute approximate surface area is 125 Å². The minimum Gasteiger partial charge on any atom is -0.380 e. The van der Waals surface area contributed by atoms with Crippen LogP contribution in [0.4, 0.5) is 0 Å². The molecule has 0 unspecified atom stereocenters. The molecule has 21 heavy (non-hydrogen) atoms. The van der Waals surface area contributed by atoms with Gasteiger partial charge >= 0.3 is 0 Å². The van der Waals surface area contributed by atoms with Gasteiger partial charge in [-0.05, 0) is 11.1 Å². The average molecular weight is 283 g/mol. The number of hydrogen-bond donors (Lipinski definition) is 2. The Kier molecular flexibility index (Phi) is 4.76. The number of amides is 1. The summed E-state index contributed by atoms with van der Waals surface area (Å²) in [6.45, 7) is 3.84. The normalized spacial score (nSPS) is 12.7. The van der Waals surface area contributed by atoms with Crippen molar-refractivity contribution in [1.29, 1.82) is 0 Å². The van der Waals surface area contributed by atoms with Crippen LogP contribution >= 0.6 is 0 Å². The van der Waals surface area contributed by atoms with Gasteiger partial charge in [-0.15, -0.1) is 0 Å². The zero-order chi connectivity index (χ0) is 15.3. The van der Waals surface area contributed by atoms with Crippen molar-refractivity contribution < 1.29 is 9.90 Å². The molecule has 2 rings (SSSR count). The lowest BCUT2D eigenvalue weighted by molar-refractivity contribution is -0.119. The van der Waals surface area contributed by atoms with Crippen molar-refractivity contribution in [2.75, 3.05) is 6.54 Å². The maximum atomic E-state index is 11.4. The molecule has 110 valence electrons. The van der Waals surface area contributed by atoms with Crippen LogP contribution < -0.4 is 5.32 Å². The highest BCUT2D eigenvalue weighted by molar-refractivity contribution is 5.72. The van der Waals surface area contributed by atoms with Crippen LogP contribution in [0.3, 0.4) is 0 Å². The summed E-state index contributed by atoms with van der Waals surface area (Å²) in [5, 5.41) is 14.2. The number of benzene rings is 2. The third-order valence-corrected chi connectivity index (χ3v) is 3.80. The van der Waals surface area contributed by atoms with Crippen molar-refractivity contribution in [2.24, 2.45) is 5.92 Å². The molecule has 2 aromatic carbocycles. The van der Waals surface area contributed by atoms with Crippen LogP contribution in [0, 0.1) is 5.92 Å². The molecule has 2 N–H and O–H groups in total. The smallest absolute Gasteiger partial charge is 0.216 e. The number of nitrogens with one attached hydrogen (secondary N) is 1. The SMILES string of the molecule is CC(=O)NC[C@H](C)C(O)(c1ccccc1)c1ccccc1. The van der Waals surface area contributed by atoms with E-state index in [9.17, 15) is 9.90 Å². The fourth-order valence-electron chi connectivity index (χ4n) is 2.56. The van der Waals surface area contributed by atoms with Crippen LogP contribution in [0.25, 0.3) is 0 Å². The van der Waals surface area contributed by atoms with Crippen molar-refractivity contribution in [1.82, 2.24) is 5.32 Å². The van der Waals surface area contributed by atoms with E-state index in [0.29, 0.717) is 6.54 Å². The summed E-state index contributed by atoms with van der Waals surface area (Å²) in [5.74, 6) is -0.253. The first kappa shape index (κ1) is 15.3. The second-order valence-corrected chi connectivity index (χ2v) is 5.34. The van der Waals surface area contributed by atoms with Gasteiger partial charge in [-0.25, -0.2) is 0 Å². The van der Waals surface area contributed by atoms with Crippen molar-refractivity contribution in [3.8, 4) is 0 Å². The zero-order valence-corrected chi connectivity index (χ0v) is 12.4. The molecule has 0 saturated carbocycles. The van der Waals surface area contributed by atoms with E-state index >= 15 is 0 Å². The van der Waals surface area contributed by atoms with E-state index in [0.717, 1.165) is 11.1 Å². The Morgan fingerprint density at radius 1 is 1.05 bits per heavy atom. The average Bonchev–Trinajstić information content (AvgIpc) is 2.53. The summed E-state index contributed by atoms with van der Waals surface area (Å²) < 4.78 is 0. The number of hydrogen-bond acceptors (Lipinski definition) is 2. The number of carbonyl (C=O) groups excluding carboxylic acids is 1. The molecule has 0 aliphatic rings. The molecule has 2 aromatic rings. The minimum atomic E-state index is -1.13. The first-order valence-electron chi connectivity index (χ1n) is 7.13. The quantitative estimate of drug-likeness (QED) is 0.886. The van der Waals surface area contributed by atoms with Gasteiger partial charge in [0.05, 0.1) is 0 Å². The van der Waals surface area contributed by atoms with Crippen LogP contribution in [-0.2, 0) is 10.4 Å². The van der Waals surface area contributed by atoms with Gasteiger partial charge in [0.15, 0.2) is 0 Å². The van der Waals surface area contributed by atoms with E-state index in [4.69, 9.17) is 0 Å². The molecule has 0 bridgehead atoms. The minimum absolute atomic E-state index is 0.0923.